The molecule has 2 heterocycles. The fourth-order valence-electron chi connectivity index (χ4n) is 4.36. The predicted molar refractivity (Wildman–Crippen MR) is 109 cm³/mol. The molecular formula is C22H27F2N3O3. The molecule has 0 aliphatic heterocycles. The van der Waals surface area contributed by atoms with E-state index < -0.39 is 17.5 Å². The second-order valence-electron chi connectivity index (χ2n) is 7.67. The Labute approximate surface area is 174 Å². The van der Waals surface area contributed by atoms with Crippen LogP contribution in [0, 0.1) is 5.92 Å². The van der Waals surface area contributed by atoms with Gasteiger partial charge < -0.3 is 15.0 Å². The predicted octanol–water partition coefficient (Wildman–Crippen LogP) is 4.20. The third kappa shape index (κ3) is 4.86. The number of amides is 1. The van der Waals surface area contributed by atoms with Crippen molar-refractivity contribution in [2.45, 2.75) is 57.4 Å². The van der Waals surface area contributed by atoms with Crippen LogP contribution in [0.4, 0.5) is 8.78 Å². The normalized spacial score (nSPS) is 20.0. The van der Waals surface area contributed by atoms with Crippen molar-refractivity contribution in [3.8, 4) is 5.88 Å². The summed E-state index contributed by atoms with van der Waals surface area (Å²) in [7, 11) is 1.52. The zero-order valence-electron chi connectivity index (χ0n) is 17.2. The van der Waals surface area contributed by atoms with Gasteiger partial charge in [0.2, 0.25) is 5.88 Å². The molecule has 1 fully saturated rings. The summed E-state index contributed by atoms with van der Waals surface area (Å²) in [4.78, 5) is 30.8. The number of carbonyl (C=O) groups excluding carboxylic acids is 1. The molecule has 2 N–H and O–H groups in total. The lowest BCUT2D eigenvalue weighted by Gasteiger charge is -2.34. The molecule has 1 amide bonds. The van der Waals surface area contributed by atoms with Crippen molar-refractivity contribution in [1.82, 2.24) is 15.3 Å². The molecule has 0 spiro atoms. The molecule has 0 radical (unpaired) electrons. The Morgan fingerprint density at radius 1 is 1.27 bits per heavy atom. The number of aromatic amines is 1. The molecule has 1 saturated carbocycles. The highest BCUT2D eigenvalue weighted by molar-refractivity contribution is 5.94. The fourth-order valence-corrected chi connectivity index (χ4v) is 4.36. The Balaban J connectivity index is 1.64. The highest BCUT2D eigenvalue weighted by atomic mass is 19.3. The number of pyridine rings is 2. The highest BCUT2D eigenvalue weighted by Crippen LogP contribution is 2.39. The number of ether oxygens (including phenoxy) is 1. The fraction of sp³-hybridized carbons (Fsp3) is 0.500. The number of methoxy groups -OCH3 is 1. The Bertz CT molecular complexity index is 907. The number of H-pyrrole nitrogens is 1. The average Bonchev–Trinajstić information content (AvgIpc) is 2.77. The first-order valence-corrected chi connectivity index (χ1v) is 10.2. The van der Waals surface area contributed by atoms with Crippen LogP contribution in [0.1, 0.15) is 72.9 Å². The van der Waals surface area contributed by atoms with Crippen LogP contribution in [0.2, 0.25) is 0 Å². The smallest absolute Gasteiger partial charge is 0.269 e. The molecule has 3 rings (SSSR count). The van der Waals surface area contributed by atoms with Gasteiger partial charge in [-0.15, -0.1) is 0 Å². The summed E-state index contributed by atoms with van der Waals surface area (Å²) in [5.74, 6) is 0.457. The summed E-state index contributed by atoms with van der Waals surface area (Å²) < 4.78 is 31.8. The van der Waals surface area contributed by atoms with Crippen molar-refractivity contribution in [1.29, 1.82) is 0 Å². The SMILES string of the molecule is CC[C@@H](NC(=O)c1ccc(OC)nc1)C1CCC(c2cc[nH]c(=O)c2C(F)F)CC1. The maximum atomic E-state index is 13.4. The lowest BCUT2D eigenvalue weighted by Crippen LogP contribution is -2.41. The molecule has 162 valence electrons. The molecule has 0 aromatic carbocycles. The molecule has 1 aliphatic carbocycles. The van der Waals surface area contributed by atoms with Crippen LogP contribution in [-0.4, -0.2) is 29.0 Å². The van der Waals surface area contributed by atoms with Gasteiger partial charge in [0.05, 0.1) is 18.2 Å². The number of halogens is 2. The van der Waals surface area contributed by atoms with Crippen molar-refractivity contribution in [3.05, 3.63) is 57.6 Å². The third-order valence-corrected chi connectivity index (χ3v) is 6.00. The van der Waals surface area contributed by atoms with Crippen LogP contribution in [0.5, 0.6) is 5.88 Å². The summed E-state index contributed by atoms with van der Waals surface area (Å²) in [5.41, 5.74) is -0.202. The van der Waals surface area contributed by atoms with Gasteiger partial charge in [-0.1, -0.05) is 6.92 Å². The number of rotatable bonds is 7. The number of nitrogens with zero attached hydrogens (tertiary/aromatic N) is 1. The van der Waals surface area contributed by atoms with E-state index in [-0.39, 0.29) is 23.8 Å². The monoisotopic (exact) mass is 419 g/mol. The molecule has 1 atom stereocenters. The molecule has 0 bridgehead atoms. The quantitative estimate of drug-likeness (QED) is 0.705. The van der Waals surface area contributed by atoms with E-state index in [1.807, 2.05) is 6.92 Å². The summed E-state index contributed by atoms with van der Waals surface area (Å²) in [6.07, 6.45) is 3.94. The number of hydrogen-bond acceptors (Lipinski definition) is 4. The van der Waals surface area contributed by atoms with Crippen LogP contribution in [0.25, 0.3) is 0 Å². The number of nitrogens with one attached hydrogen (secondary N) is 2. The number of aromatic nitrogens is 2. The van der Waals surface area contributed by atoms with Crippen LogP contribution in [0.3, 0.4) is 0 Å². The van der Waals surface area contributed by atoms with Crippen LogP contribution in [0.15, 0.2) is 35.4 Å². The average molecular weight is 419 g/mol. The minimum atomic E-state index is -2.79. The van der Waals surface area contributed by atoms with Gasteiger partial charge in [-0.05, 0) is 61.6 Å². The standard InChI is InChI=1S/C22H27F2N3O3/c1-3-17(27-21(28)15-8-9-18(30-2)26-12-15)14-6-4-13(5-7-14)16-10-11-25-22(29)19(16)20(23)24/h8-14,17,20H,3-7H2,1-2H3,(H,25,29)(H,27,28)/t13?,14?,17-/m1/s1. The third-order valence-electron chi connectivity index (χ3n) is 6.00. The summed E-state index contributed by atoms with van der Waals surface area (Å²) in [6.45, 7) is 2.02. The van der Waals surface area contributed by atoms with Gasteiger partial charge in [0, 0.05) is 24.5 Å². The Morgan fingerprint density at radius 3 is 2.57 bits per heavy atom. The van der Waals surface area contributed by atoms with E-state index >= 15 is 0 Å². The van der Waals surface area contributed by atoms with Crippen molar-refractivity contribution in [2.24, 2.45) is 5.92 Å². The van der Waals surface area contributed by atoms with Crippen LogP contribution >= 0.6 is 0 Å². The Morgan fingerprint density at radius 2 is 2.00 bits per heavy atom. The van der Waals surface area contributed by atoms with E-state index in [0.717, 1.165) is 19.3 Å². The molecule has 2 aromatic heterocycles. The maximum Gasteiger partial charge on any atom is 0.269 e. The number of hydrogen-bond donors (Lipinski definition) is 2. The van der Waals surface area contributed by atoms with Crippen molar-refractivity contribution < 1.29 is 18.3 Å². The largest absolute Gasteiger partial charge is 0.481 e. The first kappa shape index (κ1) is 21.9. The second kappa shape index (κ2) is 9.82. The van der Waals surface area contributed by atoms with Crippen molar-refractivity contribution in [3.63, 3.8) is 0 Å². The van der Waals surface area contributed by atoms with Gasteiger partial charge >= 0.3 is 0 Å². The van der Waals surface area contributed by atoms with Crippen molar-refractivity contribution >= 4 is 5.91 Å². The van der Waals surface area contributed by atoms with Crippen molar-refractivity contribution in [2.75, 3.05) is 7.11 Å². The topological polar surface area (TPSA) is 84.1 Å². The molecule has 30 heavy (non-hydrogen) atoms. The molecule has 0 unspecified atom stereocenters. The van der Waals surface area contributed by atoms with E-state index in [9.17, 15) is 18.4 Å². The second-order valence-corrected chi connectivity index (χ2v) is 7.67. The summed E-state index contributed by atoms with van der Waals surface area (Å²) in [5, 5.41) is 3.09. The zero-order valence-corrected chi connectivity index (χ0v) is 17.2. The Kier molecular flexibility index (Phi) is 7.18. The van der Waals surface area contributed by atoms with Gasteiger partial charge in [0.1, 0.15) is 0 Å². The first-order chi connectivity index (χ1) is 14.4. The lowest BCUT2D eigenvalue weighted by molar-refractivity contribution is 0.0908. The molecule has 0 saturated heterocycles. The summed E-state index contributed by atoms with van der Waals surface area (Å²) >= 11 is 0. The maximum absolute atomic E-state index is 13.4. The molecule has 6 nitrogen and oxygen atoms in total. The van der Waals surface area contributed by atoms with E-state index in [2.05, 4.69) is 15.3 Å². The van der Waals surface area contributed by atoms with E-state index in [4.69, 9.17) is 4.74 Å². The van der Waals surface area contributed by atoms with E-state index in [1.54, 1.807) is 18.2 Å². The minimum absolute atomic E-state index is 0.00528. The van der Waals surface area contributed by atoms with Gasteiger partial charge in [0.15, 0.2) is 0 Å². The first-order valence-electron chi connectivity index (χ1n) is 10.2. The number of carbonyl (C=O) groups is 1. The molecule has 1 aliphatic rings. The van der Waals surface area contributed by atoms with Crippen LogP contribution < -0.4 is 15.6 Å². The van der Waals surface area contributed by atoms with Gasteiger partial charge in [0.25, 0.3) is 17.9 Å². The lowest BCUT2D eigenvalue weighted by atomic mass is 9.74. The number of alkyl halides is 2. The highest BCUT2D eigenvalue weighted by Gasteiger charge is 2.31. The van der Waals surface area contributed by atoms with E-state index in [1.165, 1.54) is 19.5 Å². The zero-order chi connectivity index (χ0) is 21.7. The van der Waals surface area contributed by atoms with Gasteiger partial charge in [-0.25, -0.2) is 13.8 Å². The van der Waals surface area contributed by atoms with Gasteiger partial charge in [-0.3, -0.25) is 9.59 Å². The van der Waals surface area contributed by atoms with Crippen LogP contribution in [-0.2, 0) is 0 Å². The molecule has 2 aromatic rings. The van der Waals surface area contributed by atoms with E-state index in [0.29, 0.717) is 29.8 Å². The van der Waals surface area contributed by atoms with Gasteiger partial charge in [-0.2, -0.15) is 0 Å². The molecule has 8 heteroatoms. The summed E-state index contributed by atoms with van der Waals surface area (Å²) in [6, 6.07) is 4.91. The minimum Gasteiger partial charge on any atom is -0.481 e. The Hall–Kier alpha value is -2.77. The molecular weight excluding hydrogens is 392 g/mol.